The Bertz CT molecular complexity index is 1310. The van der Waals surface area contributed by atoms with E-state index in [1.165, 1.54) is 0 Å². The third-order valence-electron chi connectivity index (χ3n) is 8.67. The number of hydrogen-bond acceptors (Lipinski definition) is 6. The summed E-state index contributed by atoms with van der Waals surface area (Å²) in [5.41, 5.74) is 2.32. The summed E-state index contributed by atoms with van der Waals surface area (Å²) >= 11 is 6.73. The van der Waals surface area contributed by atoms with Crippen molar-refractivity contribution in [3.05, 3.63) is 47.4 Å². The average molecular weight is 523 g/mol. The van der Waals surface area contributed by atoms with Crippen LogP contribution >= 0.6 is 11.6 Å². The first-order chi connectivity index (χ1) is 17.9. The van der Waals surface area contributed by atoms with Crippen LogP contribution in [0.15, 0.2) is 36.8 Å². The molecule has 2 saturated heterocycles. The topological polar surface area (TPSA) is 75.5 Å². The highest BCUT2D eigenvalue weighted by atomic mass is 35.5. The van der Waals surface area contributed by atoms with Gasteiger partial charge in [-0.3, -0.25) is 14.4 Å². The molecule has 4 atom stereocenters. The molecule has 37 heavy (non-hydrogen) atoms. The fourth-order valence-electron chi connectivity index (χ4n) is 6.37. The molecule has 1 saturated carbocycles. The predicted molar refractivity (Wildman–Crippen MR) is 146 cm³/mol. The molecule has 9 heteroatoms. The molecule has 1 amide bonds. The SMILES string of the molecule is CC[C@H]1[C@H](C(=O)Nc2cc3cc(N4CCN([C@@]5(C)CCOC5)CC4)c(Cl)cc3cn2)[C@H]1c1cnn(C)c1. The highest BCUT2D eigenvalue weighted by Crippen LogP contribution is 2.56. The van der Waals surface area contributed by atoms with Gasteiger partial charge in [0.15, 0.2) is 0 Å². The first-order valence-corrected chi connectivity index (χ1v) is 13.7. The summed E-state index contributed by atoms with van der Waals surface area (Å²) in [5.74, 6) is 1.13. The summed E-state index contributed by atoms with van der Waals surface area (Å²) in [4.78, 5) is 22.6. The molecule has 3 fully saturated rings. The van der Waals surface area contributed by atoms with Crippen LogP contribution in [-0.4, -0.2) is 70.5 Å². The fourth-order valence-corrected chi connectivity index (χ4v) is 6.66. The minimum Gasteiger partial charge on any atom is -0.379 e. The first kappa shape index (κ1) is 24.6. The maximum Gasteiger partial charge on any atom is 0.229 e. The summed E-state index contributed by atoms with van der Waals surface area (Å²) in [6, 6.07) is 6.08. The van der Waals surface area contributed by atoms with E-state index < -0.39 is 0 Å². The molecule has 1 N–H and O–H groups in total. The number of nitrogens with one attached hydrogen (secondary N) is 1. The number of halogens is 1. The summed E-state index contributed by atoms with van der Waals surface area (Å²) < 4.78 is 7.47. The van der Waals surface area contributed by atoms with Gasteiger partial charge in [-0.15, -0.1) is 0 Å². The van der Waals surface area contributed by atoms with Gasteiger partial charge >= 0.3 is 0 Å². The highest BCUT2D eigenvalue weighted by molar-refractivity contribution is 6.34. The van der Waals surface area contributed by atoms with E-state index >= 15 is 0 Å². The zero-order valence-corrected chi connectivity index (χ0v) is 22.5. The van der Waals surface area contributed by atoms with Crippen LogP contribution in [0.25, 0.3) is 10.8 Å². The molecule has 3 aliphatic rings. The van der Waals surface area contributed by atoms with Crippen LogP contribution in [0, 0.1) is 11.8 Å². The third kappa shape index (κ3) is 4.60. The Hall–Kier alpha value is -2.68. The van der Waals surface area contributed by atoms with Crippen molar-refractivity contribution in [2.75, 3.05) is 49.6 Å². The zero-order chi connectivity index (χ0) is 25.7. The maximum atomic E-state index is 13.2. The lowest BCUT2D eigenvalue weighted by atomic mass is 9.98. The highest BCUT2D eigenvalue weighted by Gasteiger charge is 2.54. The monoisotopic (exact) mass is 522 g/mol. The Balaban J connectivity index is 1.16. The number of nitrogens with zero attached hydrogens (tertiary/aromatic N) is 5. The second kappa shape index (κ2) is 9.57. The Morgan fingerprint density at radius 2 is 2.00 bits per heavy atom. The molecule has 196 valence electrons. The Morgan fingerprint density at radius 3 is 2.68 bits per heavy atom. The van der Waals surface area contributed by atoms with E-state index in [-0.39, 0.29) is 23.3 Å². The molecule has 0 bridgehead atoms. The fraction of sp³-hybridized carbons (Fsp3) is 0.536. The average Bonchev–Trinajstić information content (AvgIpc) is 3.18. The molecule has 0 spiro atoms. The minimum atomic E-state index is -0.0455. The summed E-state index contributed by atoms with van der Waals surface area (Å²) in [5, 5.41) is 10.1. The summed E-state index contributed by atoms with van der Waals surface area (Å²) in [6.07, 6.45) is 7.74. The number of amides is 1. The number of carbonyl (C=O) groups excluding carboxylic acids is 1. The van der Waals surface area contributed by atoms with Gasteiger partial charge in [-0.05, 0) is 48.4 Å². The maximum absolute atomic E-state index is 13.2. The molecule has 0 unspecified atom stereocenters. The molecule has 2 aromatic heterocycles. The quantitative estimate of drug-likeness (QED) is 0.520. The summed E-state index contributed by atoms with van der Waals surface area (Å²) in [7, 11) is 1.91. The number of carbonyl (C=O) groups is 1. The van der Waals surface area contributed by atoms with E-state index in [9.17, 15) is 4.79 Å². The van der Waals surface area contributed by atoms with Gasteiger partial charge in [0.05, 0.1) is 23.5 Å². The lowest BCUT2D eigenvalue weighted by Gasteiger charge is -2.44. The predicted octanol–water partition coefficient (Wildman–Crippen LogP) is 4.30. The lowest BCUT2D eigenvalue weighted by molar-refractivity contribution is -0.117. The standard InChI is InChI=1S/C28H35ClN6O2/c1-4-21-25(20-15-31-33(3)16-20)26(21)27(36)32-24-13-18-12-23(22(29)11-19(18)14-30-24)34-6-8-35(9-7-34)28(2)5-10-37-17-28/h11-16,21,25-26H,4-10,17H2,1-3H3,(H,30,32,36)/t21-,25+,26+,28+/m1/s1. The van der Waals surface area contributed by atoms with E-state index in [4.69, 9.17) is 16.3 Å². The normalized spacial score (nSPS) is 28.1. The minimum absolute atomic E-state index is 0.0299. The molecule has 0 radical (unpaired) electrons. The molecule has 8 nitrogen and oxygen atoms in total. The van der Waals surface area contributed by atoms with Crippen molar-refractivity contribution in [2.24, 2.45) is 18.9 Å². The van der Waals surface area contributed by atoms with Gasteiger partial charge in [-0.1, -0.05) is 24.9 Å². The number of piperazine rings is 1. The van der Waals surface area contributed by atoms with E-state index in [2.05, 4.69) is 45.1 Å². The van der Waals surface area contributed by atoms with Gasteiger partial charge in [0, 0.05) is 75.0 Å². The number of aromatic nitrogens is 3. The van der Waals surface area contributed by atoms with Crippen LogP contribution in [0.2, 0.25) is 5.02 Å². The van der Waals surface area contributed by atoms with Crippen molar-refractivity contribution in [1.29, 1.82) is 0 Å². The summed E-state index contributed by atoms with van der Waals surface area (Å²) in [6.45, 7) is 9.94. The lowest BCUT2D eigenvalue weighted by Crippen LogP contribution is -2.56. The zero-order valence-electron chi connectivity index (χ0n) is 21.8. The Labute approximate surface area is 222 Å². The smallest absolute Gasteiger partial charge is 0.229 e. The van der Waals surface area contributed by atoms with Crippen molar-refractivity contribution in [2.45, 2.75) is 38.1 Å². The number of ether oxygens (including phenoxy) is 1. The van der Waals surface area contributed by atoms with Crippen molar-refractivity contribution in [3.8, 4) is 0 Å². The van der Waals surface area contributed by atoms with E-state index in [1.807, 2.05) is 31.6 Å². The number of benzene rings is 1. The molecule has 2 aliphatic heterocycles. The van der Waals surface area contributed by atoms with Crippen molar-refractivity contribution >= 4 is 39.8 Å². The number of anilines is 2. The van der Waals surface area contributed by atoms with Crippen molar-refractivity contribution in [3.63, 3.8) is 0 Å². The van der Waals surface area contributed by atoms with E-state index in [1.54, 1.807) is 10.9 Å². The van der Waals surface area contributed by atoms with Crippen molar-refractivity contribution in [1.82, 2.24) is 19.7 Å². The third-order valence-corrected chi connectivity index (χ3v) is 8.98. The van der Waals surface area contributed by atoms with Gasteiger partial charge in [-0.2, -0.15) is 5.10 Å². The Kier molecular flexibility index (Phi) is 6.37. The molecule has 1 aliphatic carbocycles. The second-order valence-electron chi connectivity index (χ2n) is 11.1. The van der Waals surface area contributed by atoms with Gasteiger partial charge < -0.3 is 15.0 Å². The molecular formula is C28H35ClN6O2. The van der Waals surface area contributed by atoms with E-state index in [0.29, 0.717) is 11.7 Å². The van der Waals surface area contributed by atoms with Crippen LogP contribution in [0.1, 0.15) is 38.2 Å². The van der Waals surface area contributed by atoms with Gasteiger partial charge in [0.2, 0.25) is 5.91 Å². The Morgan fingerprint density at radius 1 is 1.19 bits per heavy atom. The molecular weight excluding hydrogens is 488 g/mol. The van der Waals surface area contributed by atoms with Gasteiger partial charge in [0.25, 0.3) is 0 Å². The molecule has 6 rings (SSSR count). The number of hydrogen-bond donors (Lipinski definition) is 1. The van der Waals surface area contributed by atoms with Gasteiger partial charge in [0.1, 0.15) is 5.82 Å². The molecule has 3 aromatic rings. The van der Waals surface area contributed by atoms with E-state index in [0.717, 1.165) is 79.3 Å². The van der Waals surface area contributed by atoms with Crippen LogP contribution < -0.4 is 10.2 Å². The van der Waals surface area contributed by atoms with Gasteiger partial charge in [-0.25, -0.2) is 4.98 Å². The number of rotatable bonds is 6. The molecule has 1 aromatic carbocycles. The van der Waals surface area contributed by atoms with Crippen molar-refractivity contribution < 1.29 is 9.53 Å². The van der Waals surface area contributed by atoms with Crippen LogP contribution in [0.3, 0.4) is 0 Å². The van der Waals surface area contributed by atoms with Crippen LogP contribution in [0.4, 0.5) is 11.5 Å². The van der Waals surface area contributed by atoms with Crippen LogP contribution in [-0.2, 0) is 16.6 Å². The van der Waals surface area contributed by atoms with Crippen LogP contribution in [0.5, 0.6) is 0 Å². The molecule has 4 heterocycles. The number of aryl methyl sites for hydroxylation is 1. The largest absolute Gasteiger partial charge is 0.379 e. The first-order valence-electron chi connectivity index (χ1n) is 13.3. The second-order valence-corrected chi connectivity index (χ2v) is 11.5. The number of pyridine rings is 1. The number of fused-ring (bicyclic) bond motifs is 1.